The number of amides is 2. The van der Waals surface area contributed by atoms with Gasteiger partial charge in [0.15, 0.2) is 0 Å². The molecule has 0 heterocycles. The number of carboxylic acids is 1. The van der Waals surface area contributed by atoms with Gasteiger partial charge in [-0.2, -0.15) is 0 Å². The number of carbonyl (C=O) groups excluding carboxylic acids is 2. The van der Waals surface area contributed by atoms with Crippen molar-refractivity contribution in [2.24, 2.45) is 17.3 Å². The fourth-order valence-corrected chi connectivity index (χ4v) is 5.78. The van der Waals surface area contributed by atoms with Gasteiger partial charge in [-0.15, -0.1) is 0 Å². The monoisotopic (exact) mass is 462 g/mol. The van der Waals surface area contributed by atoms with Crippen molar-refractivity contribution in [1.29, 1.82) is 0 Å². The molecular formula is C27H30N2O5. The van der Waals surface area contributed by atoms with E-state index in [0.29, 0.717) is 19.3 Å². The molecule has 0 radical (unpaired) electrons. The fraction of sp³-hybridized carbons (Fsp3) is 0.444. The van der Waals surface area contributed by atoms with E-state index in [-0.39, 0.29) is 30.4 Å². The quantitative estimate of drug-likeness (QED) is 0.579. The Balaban J connectivity index is 1.13. The van der Waals surface area contributed by atoms with Crippen molar-refractivity contribution in [3.63, 3.8) is 0 Å². The van der Waals surface area contributed by atoms with Gasteiger partial charge in [0.1, 0.15) is 6.61 Å². The van der Waals surface area contributed by atoms with Crippen molar-refractivity contribution < 1.29 is 24.2 Å². The summed E-state index contributed by atoms with van der Waals surface area (Å²) in [7, 11) is 0. The summed E-state index contributed by atoms with van der Waals surface area (Å²) in [5.41, 5.74) is 3.99. The highest BCUT2D eigenvalue weighted by molar-refractivity contribution is 5.82. The minimum atomic E-state index is -0.757. The third kappa shape index (κ3) is 3.83. The highest BCUT2D eigenvalue weighted by Crippen LogP contribution is 2.63. The number of carbonyl (C=O) groups is 3. The SMILES string of the molecule is CC(NC(=O)OCC1c2ccccc2-c2ccccc21)C(C)C(=O)NC1CC2CC2(C(=O)O)C1. The Labute approximate surface area is 198 Å². The maximum atomic E-state index is 12.7. The molecule has 7 nitrogen and oxygen atoms in total. The third-order valence-corrected chi connectivity index (χ3v) is 8.04. The second kappa shape index (κ2) is 8.46. The molecule has 7 heteroatoms. The Morgan fingerprint density at radius 2 is 1.65 bits per heavy atom. The van der Waals surface area contributed by atoms with E-state index in [2.05, 4.69) is 34.9 Å². The average Bonchev–Trinajstić information content (AvgIpc) is 3.26. The maximum absolute atomic E-state index is 12.7. The highest BCUT2D eigenvalue weighted by atomic mass is 16.5. The van der Waals surface area contributed by atoms with E-state index >= 15 is 0 Å². The lowest BCUT2D eigenvalue weighted by atomic mass is 9.98. The zero-order valence-corrected chi connectivity index (χ0v) is 19.4. The highest BCUT2D eigenvalue weighted by Gasteiger charge is 2.65. The zero-order chi connectivity index (χ0) is 24.0. The summed E-state index contributed by atoms with van der Waals surface area (Å²) in [6, 6.07) is 15.8. The molecule has 2 aromatic carbocycles. The van der Waals surface area contributed by atoms with E-state index in [0.717, 1.165) is 11.1 Å². The van der Waals surface area contributed by atoms with Gasteiger partial charge in [-0.25, -0.2) is 4.79 Å². The number of alkyl carbamates (subject to hydrolysis) is 1. The summed E-state index contributed by atoms with van der Waals surface area (Å²) in [6.07, 6.45) is 1.35. The number of rotatable bonds is 7. The van der Waals surface area contributed by atoms with Gasteiger partial charge in [0.05, 0.1) is 11.3 Å². The van der Waals surface area contributed by atoms with Gasteiger partial charge in [-0.05, 0) is 54.4 Å². The van der Waals surface area contributed by atoms with Crippen molar-refractivity contribution in [3.05, 3.63) is 59.7 Å². The molecule has 3 aliphatic carbocycles. The minimum absolute atomic E-state index is 0.0236. The number of aliphatic carboxylic acids is 1. The van der Waals surface area contributed by atoms with Gasteiger partial charge >= 0.3 is 12.1 Å². The van der Waals surface area contributed by atoms with E-state index in [1.54, 1.807) is 13.8 Å². The van der Waals surface area contributed by atoms with Crippen LogP contribution in [-0.4, -0.2) is 41.8 Å². The van der Waals surface area contributed by atoms with Gasteiger partial charge < -0.3 is 20.5 Å². The second-order valence-electron chi connectivity index (χ2n) is 10.1. The summed E-state index contributed by atoms with van der Waals surface area (Å²) >= 11 is 0. The summed E-state index contributed by atoms with van der Waals surface area (Å²) in [5, 5.41) is 15.2. The van der Waals surface area contributed by atoms with E-state index < -0.39 is 29.4 Å². The van der Waals surface area contributed by atoms with Gasteiger partial charge in [0.2, 0.25) is 5.91 Å². The van der Waals surface area contributed by atoms with E-state index in [4.69, 9.17) is 4.74 Å². The number of carboxylic acid groups (broad SMARTS) is 1. The van der Waals surface area contributed by atoms with E-state index in [1.165, 1.54) is 11.1 Å². The van der Waals surface area contributed by atoms with Crippen LogP contribution in [-0.2, 0) is 14.3 Å². The Hall–Kier alpha value is -3.35. The molecule has 0 saturated heterocycles. The van der Waals surface area contributed by atoms with Crippen LogP contribution in [0.25, 0.3) is 11.1 Å². The summed E-state index contributed by atoms with van der Waals surface area (Å²) in [5.74, 6) is -1.27. The van der Waals surface area contributed by atoms with Crippen molar-refractivity contribution >= 4 is 18.0 Å². The van der Waals surface area contributed by atoms with Crippen LogP contribution in [0.4, 0.5) is 4.79 Å². The first-order valence-corrected chi connectivity index (χ1v) is 12.0. The fourth-order valence-electron chi connectivity index (χ4n) is 5.78. The van der Waals surface area contributed by atoms with Crippen LogP contribution in [0.5, 0.6) is 0 Å². The van der Waals surface area contributed by atoms with Gasteiger partial charge in [-0.1, -0.05) is 55.5 Å². The number of ether oxygens (including phenoxy) is 1. The largest absolute Gasteiger partial charge is 0.481 e. The molecular weight excluding hydrogens is 432 g/mol. The van der Waals surface area contributed by atoms with Crippen molar-refractivity contribution in [3.8, 4) is 11.1 Å². The molecule has 34 heavy (non-hydrogen) atoms. The molecule has 3 N–H and O–H groups in total. The van der Waals surface area contributed by atoms with Crippen LogP contribution in [0.15, 0.2) is 48.5 Å². The smallest absolute Gasteiger partial charge is 0.407 e. The zero-order valence-electron chi connectivity index (χ0n) is 19.4. The molecule has 2 aromatic rings. The number of fused-ring (bicyclic) bond motifs is 4. The van der Waals surface area contributed by atoms with Crippen LogP contribution in [0.1, 0.15) is 50.2 Å². The second-order valence-corrected chi connectivity index (χ2v) is 10.1. The molecule has 0 bridgehead atoms. The van der Waals surface area contributed by atoms with Crippen molar-refractivity contribution in [2.75, 3.05) is 6.61 Å². The molecule has 2 amide bonds. The summed E-state index contributed by atoms with van der Waals surface area (Å²) < 4.78 is 5.59. The summed E-state index contributed by atoms with van der Waals surface area (Å²) in [6.45, 7) is 3.75. The molecule has 2 fully saturated rings. The molecule has 2 saturated carbocycles. The van der Waals surface area contributed by atoms with Crippen molar-refractivity contribution in [1.82, 2.24) is 10.6 Å². The van der Waals surface area contributed by atoms with E-state index in [9.17, 15) is 19.5 Å². The molecule has 5 rings (SSSR count). The van der Waals surface area contributed by atoms with Crippen LogP contribution >= 0.6 is 0 Å². The number of benzene rings is 2. The molecule has 5 unspecified atom stereocenters. The first kappa shape index (κ1) is 22.4. The first-order valence-electron chi connectivity index (χ1n) is 12.0. The third-order valence-electron chi connectivity index (χ3n) is 8.04. The van der Waals surface area contributed by atoms with Crippen molar-refractivity contribution in [2.45, 2.75) is 51.1 Å². The lowest BCUT2D eigenvalue weighted by molar-refractivity contribution is -0.144. The van der Waals surface area contributed by atoms with Crippen LogP contribution in [0.2, 0.25) is 0 Å². The Bertz CT molecular complexity index is 1100. The maximum Gasteiger partial charge on any atom is 0.407 e. The molecule has 3 aliphatic rings. The first-order chi connectivity index (χ1) is 16.3. The topological polar surface area (TPSA) is 105 Å². The molecule has 5 atom stereocenters. The average molecular weight is 463 g/mol. The van der Waals surface area contributed by atoms with Crippen LogP contribution < -0.4 is 10.6 Å². The summed E-state index contributed by atoms with van der Waals surface area (Å²) in [4.78, 5) is 36.7. The molecule has 0 aliphatic heterocycles. The lowest BCUT2D eigenvalue weighted by Gasteiger charge is -2.24. The Kier molecular flexibility index (Phi) is 5.58. The number of nitrogens with one attached hydrogen (secondary N) is 2. The van der Waals surface area contributed by atoms with Crippen LogP contribution in [0, 0.1) is 17.3 Å². The standard InChI is InChI=1S/C27H30N2O5/c1-15(24(30)29-18-11-17-12-27(17,13-18)25(31)32)16(2)28-26(33)34-14-23-21-9-5-3-7-19(21)20-8-4-6-10-22(20)23/h3-10,15-18,23H,11-14H2,1-2H3,(H,28,33)(H,29,30)(H,31,32). The number of hydrogen-bond donors (Lipinski definition) is 3. The number of hydrogen-bond acceptors (Lipinski definition) is 4. The Morgan fingerprint density at radius 3 is 2.24 bits per heavy atom. The van der Waals surface area contributed by atoms with Gasteiger partial charge in [0, 0.05) is 18.0 Å². The van der Waals surface area contributed by atoms with Gasteiger partial charge in [0.25, 0.3) is 0 Å². The predicted molar refractivity (Wildman–Crippen MR) is 126 cm³/mol. The normalized spacial score (nSPS) is 25.9. The Morgan fingerprint density at radius 1 is 1.03 bits per heavy atom. The lowest BCUT2D eigenvalue weighted by Crippen LogP contribution is -2.46. The van der Waals surface area contributed by atoms with Gasteiger partial charge in [-0.3, -0.25) is 9.59 Å². The molecule has 0 spiro atoms. The van der Waals surface area contributed by atoms with Crippen LogP contribution in [0.3, 0.4) is 0 Å². The molecule has 178 valence electrons. The molecule has 0 aromatic heterocycles. The van der Waals surface area contributed by atoms with E-state index in [1.807, 2.05) is 24.3 Å². The minimum Gasteiger partial charge on any atom is -0.481 e. The predicted octanol–water partition coefficient (Wildman–Crippen LogP) is 3.92.